The second-order valence-corrected chi connectivity index (χ2v) is 9.62. The summed E-state index contributed by atoms with van der Waals surface area (Å²) in [6.45, 7) is 4.84. The Bertz CT molecular complexity index is 1650. The molecule has 0 saturated carbocycles. The lowest BCUT2D eigenvalue weighted by atomic mass is 9.95. The van der Waals surface area contributed by atoms with Gasteiger partial charge in [-0.1, -0.05) is 24.3 Å². The molecule has 1 N–H and O–H groups in total. The quantitative estimate of drug-likeness (QED) is 0.247. The van der Waals surface area contributed by atoms with Gasteiger partial charge in [-0.15, -0.1) is 0 Å². The van der Waals surface area contributed by atoms with Crippen molar-refractivity contribution < 1.29 is 31.9 Å². The third-order valence-electron chi connectivity index (χ3n) is 6.69. The van der Waals surface area contributed by atoms with Gasteiger partial charge in [0, 0.05) is 48.2 Å². The van der Waals surface area contributed by atoms with Crippen LogP contribution in [-0.2, 0) is 9.53 Å². The molecule has 1 fully saturated rings. The Balaban J connectivity index is 1.43. The van der Waals surface area contributed by atoms with Crippen LogP contribution >= 0.6 is 0 Å². The van der Waals surface area contributed by atoms with Crippen molar-refractivity contribution >= 4 is 34.5 Å². The minimum Gasteiger partial charge on any atom is -0.440 e. The molecule has 1 saturated heterocycles. The Morgan fingerprint density at radius 2 is 1.82 bits per heavy atom. The first-order chi connectivity index (χ1) is 19.0. The SMILES string of the molecule is Cc1cc(C(C)Nc2ccccc2C(=O)OC(=O)C(F)(F)F)c2oc(N3CC(c4ccccn4)C3)cc(=O)c2c1. The van der Waals surface area contributed by atoms with Gasteiger partial charge >= 0.3 is 18.1 Å². The third-order valence-corrected chi connectivity index (χ3v) is 6.69. The molecule has 2 aromatic carbocycles. The number of carbonyl (C=O) groups excluding carboxylic acids is 2. The number of halogens is 3. The van der Waals surface area contributed by atoms with Gasteiger partial charge in [0.05, 0.1) is 17.0 Å². The van der Waals surface area contributed by atoms with Gasteiger partial charge in [-0.25, -0.2) is 9.59 Å². The number of fused-ring (bicyclic) bond motifs is 1. The predicted molar refractivity (Wildman–Crippen MR) is 141 cm³/mol. The minimum atomic E-state index is -5.31. The highest BCUT2D eigenvalue weighted by molar-refractivity contribution is 6.02. The summed E-state index contributed by atoms with van der Waals surface area (Å²) in [5.41, 5.74) is 2.37. The average molecular weight is 552 g/mol. The minimum absolute atomic E-state index is 0.143. The summed E-state index contributed by atoms with van der Waals surface area (Å²) in [4.78, 5) is 43.0. The highest BCUT2D eigenvalue weighted by atomic mass is 19.4. The molecule has 0 radical (unpaired) electrons. The molecule has 11 heteroatoms. The molecule has 4 aromatic rings. The van der Waals surface area contributed by atoms with Gasteiger partial charge in [0.1, 0.15) is 5.58 Å². The van der Waals surface area contributed by atoms with Gasteiger partial charge in [0.15, 0.2) is 11.3 Å². The number of hydrogen-bond donors (Lipinski definition) is 1. The zero-order valence-corrected chi connectivity index (χ0v) is 21.5. The molecule has 206 valence electrons. The van der Waals surface area contributed by atoms with Crippen LogP contribution in [0.4, 0.5) is 24.7 Å². The number of pyridine rings is 1. The van der Waals surface area contributed by atoms with E-state index in [9.17, 15) is 27.6 Å². The topological polar surface area (TPSA) is 102 Å². The van der Waals surface area contributed by atoms with E-state index in [1.54, 1.807) is 25.3 Å². The molecule has 1 aliphatic rings. The lowest BCUT2D eigenvalue weighted by Gasteiger charge is -2.39. The monoisotopic (exact) mass is 551 g/mol. The predicted octanol–water partition coefficient (Wildman–Crippen LogP) is 5.52. The number of aryl methyl sites for hydroxylation is 1. The van der Waals surface area contributed by atoms with E-state index in [2.05, 4.69) is 15.0 Å². The Labute approximate surface area is 226 Å². The number of aromatic nitrogens is 1. The Morgan fingerprint density at radius 3 is 2.52 bits per heavy atom. The van der Waals surface area contributed by atoms with Crippen molar-refractivity contribution in [2.45, 2.75) is 32.0 Å². The molecule has 1 unspecified atom stereocenters. The van der Waals surface area contributed by atoms with E-state index in [0.717, 1.165) is 11.3 Å². The van der Waals surface area contributed by atoms with Gasteiger partial charge in [0.25, 0.3) is 0 Å². The standard InChI is InChI=1S/C29H24F3N3O5/c1-16-11-20(17(2)34-23-9-4-3-7-19(23)27(37)40-28(38)29(30,31)32)26-21(12-16)24(36)13-25(39-26)35-14-18(15-35)22-8-5-6-10-33-22/h3-13,17-18,34H,14-15H2,1-2H3. The van der Waals surface area contributed by atoms with E-state index in [1.807, 2.05) is 36.1 Å². The number of ether oxygens (including phenoxy) is 1. The largest absolute Gasteiger partial charge is 0.491 e. The van der Waals surface area contributed by atoms with Gasteiger partial charge in [0.2, 0.25) is 0 Å². The van der Waals surface area contributed by atoms with Crippen molar-refractivity contribution in [1.82, 2.24) is 4.98 Å². The molecular formula is C29H24F3N3O5. The molecule has 8 nitrogen and oxygen atoms in total. The first-order valence-electron chi connectivity index (χ1n) is 12.4. The van der Waals surface area contributed by atoms with Crippen LogP contribution in [0.2, 0.25) is 0 Å². The van der Waals surface area contributed by atoms with Gasteiger partial charge in [-0.3, -0.25) is 9.78 Å². The Morgan fingerprint density at radius 1 is 1.10 bits per heavy atom. The summed E-state index contributed by atoms with van der Waals surface area (Å²) in [7, 11) is 0. The summed E-state index contributed by atoms with van der Waals surface area (Å²) >= 11 is 0. The number of nitrogens with zero attached hydrogens (tertiary/aromatic N) is 2. The zero-order chi connectivity index (χ0) is 28.6. The van der Waals surface area contributed by atoms with Crippen LogP contribution in [0, 0.1) is 6.92 Å². The smallest absolute Gasteiger partial charge is 0.440 e. The number of benzene rings is 2. The molecule has 0 spiro atoms. The second-order valence-electron chi connectivity index (χ2n) is 9.62. The molecule has 3 heterocycles. The molecule has 0 aliphatic carbocycles. The lowest BCUT2D eigenvalue weighted by Crippen LogP contribution is -2.45. The van der Waals surface area contributed by atoms with Crippen molar-refractivity contribution in [2.75, 3.05) is 23.3 Å². The fraction of sp³-hybridized carbons (Fsp3) is 0.241. The number of rotatable bonds is 6. The van der Waals surface area contributed by atoms with Crippen LogP contribution < -0.4 is 15.6 Å². The highest BCUT2D eigenvalue weighted by Crippen LogP contribution is 2.34. The second kappa shape index (κ2) is 10.5. The van der Waals surface area contributed by atoms with Crippen LogP contribution in [0.1, 0.15) is 46.1 Å². The number of para-hydroxylation sites is 1. The maximum absolute atomic E-state index is 13.1. The molecule has 0 amide bonds. The summed E-state index contributed by atoms with van der Waals surface area (Å²) in [5, 5.41) is 3.46. The van der Waals surface area contributed by atoms with E-state index in [1.165, 1.54) is 24.3 Å². The first-order valence-corrected chi connectivity index (χ1v) is 12.4. The number of alkyl halides is 3. The van der Waals surface area contributed by atoms with Crippen molar-refractivity contribution in [3.63, 3.8) is 0 Å². The number of anilines is 2. The molecule has 1 atom stereocenters. The van der Waals surface area contributed by atoms with Crippen LogP contribution in [0.15, 0.2) is 76.1 Å². The first kappa shape index (κ1) is 26.9. The van der Waals surface area contributed by atoms with Crippen molar-refractivity contribution in [1.29, 1.82) is 0 Å². The van der Waals surface area contributed by atoms with Crippen molar-refractivity contribution in [3.8, 4) is 0 Å². The number of hydrogen-bond acceptors (Lipinski definition) is 8. The van der Waals surface area contributed by atoms with Gasteiger partial charge in [-0.05, 0) is 49.7 Å². The van der Waals surface area contributed by atoms with Gasteiger partial charge in [-0.2, -0.15) is 13.2 Å². The zero-order valence-electron chi connectivity index (χ0n) is 21.5. The third kappa shape index (κ3) is 5.40. The molecule has 2 aromatic heterocycles. The maximum atomic E-state index is 13.1. The fourth-order valence-electron chi connectivity index (χ4n) is 4.66. The number of esters is 2. The fourth-order valence-corrected chi connectivity index (χ4v) is 4.66. The Kier molecular flexibility index (Phi) is 7.05. The summed E-state index contributed by atoms with van der Waals surface area (Å²) in [6, 6.07) is 15.9. The van der Waals surface area contributed by atoms with E-state index >= 15 is 0 Å². The molecule has 1 aliphatic heterocycles. The van der Waals surface area contributed by atoms with E-state index in [-0.39, 0.29) is 22.6 Å². The molecule has 5 rings (SSSR count). The molecule has 40 heavy (non-hydrogen) atoms. The van der Waals surface area contributed by atoms with Gasteiger partial charge < -0.3 is 19.4 Å². The van der Waals surface area contributed by atoms with Crippen molar-refractivity contribution in [2.24, 2.45) is 0 Å². The maximum Gasteiger partial charge on any atom is 0.491 e. The van der Waals surface area contributed by atoms with Crippen LogP contribution in [0.25, 0.3) is 11.0 Å². The highest BCUT2D eigenvalue weighted by Gasteiger charge is 2.42. The van der Waals surface area contributed by atoms with Crippen LogP contribution in [0.3, 0.4) is 0 Å². The normalized spacial score (nSPS) is 14.5. The van der Waals surface area contributed by atoms with E-state index < -0.39 is 24.2 Å². The summed E-state index contributed by atoms with van der Waals surface area (Å²) < 4.78 is 48.1. The molecule has 0 bridgehead atoms. The van der Waals surface area contributed by atoms with Crippen LogP contribution in [-0.4, -0.2) is 36.2 Å². The van der Waals surface area contributed by atoms with Crippen molar-refractivity contribution in [3.05, 3.63) is 99.5 Å². The average Bonchev–Trinajstić information content (AvgIpc) is 2.88. The number of nitrogens with one attached hydrogen (secondary N) is 1. The lowest BCUT2D eigenvalue weighted by molar-refractivity contribution is -0.193. The number of carbonyl (C=O) groups is 2. The van der Waals surface area contributed by atoms with E-state index in [4.69, 9.17) is 4.42 Å². The Hall–Kier alpha value is -4.67. The summed E-state index contributed by atoms with van der Waals surface area (Å²) in [5.74, 6) is -3.42. The summed E-state index contributed by atoms with van der Waals surface area (Å²) in [6.07, 6.45) is -3.57. The van der Waals surface area contributed by atoms with E-state index in [0.29, 0.717) is 35.5 Å². The molecular weight excluding hydrogens is 527 g/mol. The van der Waals surface area contributed by atoms with Crippen LogP contribution in [0.5, 0.6) is 0 Å².